The number of rotatable bonds is 5. The normalized spacial score (nSPS) is 15.8. The first kappa shape index (κ1) is 33.3. The molecule has 0 saturated carbocycles. The maximum Gasteiger partial charge on any atom is 0.274 e. The molecule has 0 saturated heterocycles. The maximum absolute atomic E-state index is 12.9. The van der Waals surface area contributed by atoms with Crippen LogP contribution in [-0.4, -0.2) is 49.8 Å². The van der Waals surface area contributed by atoms with Crippen LogP contribution in [-0.2, 0) is 7.05 Å². The van der Waals surface area contributed by atoms with Gasteiger partial charge >= 0.3 is 0 Å². The van der Waals surface area contributed by atoms with Crippen molar-refractivity contribution in [2.75, 3.05) is 20.3 Å². The summed E-state index contributed by atoms with van der Waals surface area (Å²) < 4.78 is 34.6. The lowest BCUT2D eigenvalue weighted by atomic mass is 9.99. The second-order valence-electron chi connectivity index (χ2n) is 13.7. The molecule has 4 aromatic carbocycles. The van der Waals surface area contributed by atoms with Crippen molar-refractivity contribution in [3.8, 4) is 39.6 Å². The Morgan fingerprint density at radius 2 is 1.19 bits per heavy atom. The lowest BCUT2D eigenvalue weighted by molar-refractivity contribution is 0.237. The van der Waals surface area contributed by atoms with Crippen LogP contribution in [0.15, 0.2) is 98.8 Å². The van der Waals surface area contributed by atoms with Gasteiger partial charge in [0.2, 0.25) is 5.88 Å². The Balaban J connectivity index is 0.000000142. The second kappa shape index (κ2) is 12.8. The standard InChI is InChI=1S/2C21H19N3O3/c1-12-18(13(2)27-23-12)15-9-10-16-19-20(15)26-11-17(14-7-5-4-6-8-14)24(19)22-21(16)25-3;1-12-18(13(2)27-22-12)15-9-10-16-19-20(15)26-11-17(14-7-5-4-6-8-14)24(19)23(3)21(16)25/h2*4-10,17H,11H2,1-3H3. The number of hydrogen-bond donors (Lipinski definition) is 0. The number of aromatic nitrogens is 6. The summed E-state index contributed by atoms with van der Waals surface area (Å²) >= 11 is 0. The molecule has 2 atom stereocenters. The van der Waals surface area contributed by atoms with E-state index >= 15 is 0 Å². The minimum atomic E-state index is -0.0613. The molecule has 0 spiro atoms. The van der Waals surface area contributed by atoms with Gasteiger partial charge in [-0.05, 0) is 63.1 Å². The van der Waals surface area contributed by atoms with Gasteiger partial charge < -0.3 is 23.3 Å². The van der Waals surface area contributed by atoms with E-state index in [0.29, 0.717) is 30.2 Å². The van der Waals surface area contributed by atoms with Crippen LogP contribution < -0.4 is 19.8 Å². The molecule has 12 heteroatoms. The van der Waals surface area contributed by atoms with Gasteiger partial charge in [-0.25, -0.2) is 4.68 Å². The van der Waals surface area contributed by atoms with E-state index in [-0.39, 0.29) is 17.6 Å². The van der Waals surface area contributed by atoms with Gasteiger partial charge in [0.1, 0.15) is 47.9 Å². The molecule has 0 amide bonds. The second-order valence-corrected chi connectivity index (χ2v) is 13.7. The first-order valence-corrected chi connectivity index (χ1v) is 17.8. The van der Waals surface area contributed by atoms with Crippen LogP contribution in [0.4, 0.5) is 0 Å². The number of aryl methyl sites for hydroxylation is 4. The fourth-order valence-corrected chi connectivity index (χ4v) is 8.02. The molecule has 0 N–H and O–H groups in total. The zero-order valence-electron chi connectivity index (χ0n) is 30.8. The van der Waals surface area contributed by atoms with E-state index in [1.807, 2.05) is 105 Å². The molecular weight excluding hydrogens is 684 g/mol. The highest BCUT2D eigenvalue weighted by Crippen LogP contribution is 2.46. The average Bonchev–Trinajstić information content (AvgIpc) is 3.93. The highest BCUT2D eigenvalue weighted by Gasteiger charge is 2.33. The van der Waals surface area contributed by atoms with Gasteiger partial charge in [0.05, 0.1) is 40.4 Å². The van der Waals surface area contributed by atoms with Gasteiger partial charge in [-0.1, -0.05) is 71.0 Å². The van der Waals surface area contributed by atoms with Crippen LogP contribution >= 0.6 is 0 Å². The Kier molecular flexibility index (Phi) is 7.91. The number of benzene rings is 4. The van der Waals surface area contributed by atoms with E-state index in [1.165, 1.54) is 0 Å². The van der Waals surface area contributed by atoms with Gasteiger partial charge in [-0.15, -0.1) is 5.10 Å². The molecule has 54 heavy (non-hydrogen) atoms. The van der Waals surface area contributed by atoms with Crippen molar-refractivity contribution in [2.45, 2.75) is 39.8 Å². The fourth-order valence-electron chi connectivity index (χ4n) is 8.02. The molecule has 4 aromatic heterocycles. The summed E-state index contributed by atoms with van der Waals surface area (Å²) in [6, 6.07) is 28.2. The van der Waals surface area contributed by atoms with E-state index in [2.05, 4.69) is 34.6 Å². The van der Waals surface area contributed by atoms with Crippen molar-refractivity contribution >= 4 is 21.8 Å². The van der Waals surface area contributed by atoms with Crippen LogP contribution in [0, 0.1) is 27.7 Å². The fraction of sp³-hybridized carbons (Fsp3) is 0.238. The SMILES string of the molecule is COc1nn2c3c(c(-c4c(C)noc4C)ccc13)OCC2c1ccccc1.Cc1noc(C)c1-c1ccc2c(=O)n(C)n3c2c1OCC3c1ccccc1. The third-order valence-corrected chi connectivity index (χ3v) is 10.5. The summed E-state index contributed by atoms with van der Waals surface area (Å²) in [7, 11) is 3.45. The summed E-state index contributed by atoms with van der Waals surface area (Å²) in [6.45, 7) is 8.61. The van der Waals surface area contributed by atoms with Gasteiger partial charge in [-0.2, -0.15) is 0 Å². The third kappa shape index (κ3) is 5.04. The quantitative estimate of drug-likeness (QED) is 0.174. The van der Waals surface area contributed by atoms with Crippen LogP contribution in [0.3, 0.4) is 0 Å². The Hall–Kier alpha value is -6.56. The van der Waals surface area contributed by atoms with Crippen molar-refractivity contribution in [1.82, 2.24) is 29.5 Å². The van der Waals surface area contributed by atoms with Gasteiger partial charge in [0.15, 0.2) is 11.5 Å². The summed E-state index contributed by atoms with van der Waals surface area (Å²) in [5.41, 5.74) is 9.41. The minimum absolute atomic E-state index is 0.00924. The van der Waals surface area contributed by atoms with Crippen molar-refractivity contribution in [2.24, 2.45) is 7.05 Å². The van der Waals surface area contributed by atoms with Crippen molar-refractivity contribution < 1.29 is 23.3 Å². The van der Waals surface area contributed by atoms with Gasteiger partial charge in [-0.3, -0.25) is 14.2 Å². The summed E-state index contributed by atoms with van der Waals surface area (Å²) in [6.07, 6.45) is 0. The summed E-state index contributed by atoms with van der Waals surface area (Å²) in [5, 5.41) is 14.5. The van der Waals surface area contributed by atoms with Crippen molar-refractivity contribution in [3.05, 3.63) is 129 Å². The van der Waals surface area contributed by atoms with Crippen LogP contribution in [0.2, 0.25) is 0 Å². The monoisotopic (exact) mass is 722 g/mol. The average molecular weight is 723 g/mol. The minimum Gasteiger partial charge on any atom is -0.488 e. The lowest BCUT2D eigenvalue weighted by Crippen LogP contribution is -2.29. The molecule has 272 valence electrons. The zero-order valence-corrected chi connectivity index (χ0v) is 30.8. The Morgan fingerprint density at radius 3 is 1.72 bits per heavy atom. The molecule has 12 nitrogen and oxygen atoms in total. The third-order valence-electron chi connectivity index (χ3n) is 10.5. The van der Waals surface area contributed by atoms with E-state index < -0.39 is 0 Å². The number of ether oxygens (including phenoxy) is 3. The molecule has 2 aliphatic heterocycles. The molecular formula is C42H38N6O6. The van der Waals surface area contributed by atoms with Gasteiger partial charge in [0, 0.05) is 18.2 Å². The first-order valence-electron chi connectivity index (χ1n) is 17.8. The molecule has 0 aliphatic carbocycles. The highest BCUT2D eigenvalue weighted by molar-refractivity contribution is 5.97. The molecule has 0 fully saturated rings. The number of methoxy groups -OCH3 is 1. The molecule has 0 bridgehead atoms. The van der Waals surface area contributed by atoms with E-state index in [0.717, 1.165) is 78.5 Å². The molecule has 8 aromatic rings. The number of hydrogen-bond acceptors (Lipinski definition) is 9. The zero-order chi connectivity index (χ0) is 37.2. The molecule has 2 aliphatic rings. The molecule has 0 radical (unpaired) electrons. The lowest BCUT2D eigenvalue weighted by Gasteiger charge is -2.29. The van der Waals surface area contributed by atoms with Crippen LogP contribution in [0.25, 0.3) is 44.1 Å². The predicted molar refractivity (Wildman–Crippen MR) is 204 cm³/mol. The van der Waals surface area contributed by atoms with E-state index in [1.54, 1.807) is 11.8 Å². The van der Waals surface area contributed by atoms with E-state index in [4.69, 9.17) is 28.4 Å². The largest absolute Gasteiger partial charge is 0.488 e. The molecule has 10 rings (SSSR count). The Labute approximate surface area is 310 Å². The van der Waals surface area contributed by atoms with Gasteiger partial charge in [0.25, 0.3) is 5.56 Å². The highest BCUT2D eigenvalue weighted by atomic mass is 16.5. The number of nitrogens with zero attached hydrogens (tertiary/aromatic N) is 6. The predicted octanol–water partition coefficient (Wildman–Crippen LogP) is 7.89. The summed E-state index contributed by atoms with van der Waals surface area (Å²) in [4.78, 5) is 12.9. The van der Waals surface area contributed by atoms with E-state index in [9.17, 15) is 4.79 Å². The smallest absolute Gasteiger partial charge is 0.274 e. The topological polar surface area (TPSA) is 125 Å². The Bertz CT molecular complexity index is 2720. The first-order chi connectivity index (χ1) is 26.3. The summed E-state index contributed by atoms with van der Waals surface area (Å²) in [5.74, 6) is 3.62. The molecule has 6 heterocycles. The molecule has 2 unspecified atom stereocenters. The Morgan fingerprint density at radius 1 is 0.667 bits per heavy atom. The van der Waals surface area contributed by atoms with Crippen LogP contribution in [0.5, 0.6) is 17.4 Å². The maximum atomic E-state index is 12.9. The van der Waals surface area contributed by atoms with Crippen LogP contribution in [0.1, 0.15) is 46.1 Å². The van der Waals surface area contributed by atoms with Crippen molar-refractivity contribution in [3.63, 3.8) is 0 Å². The van der Waals surface area contributed by atoms with Crippen molar-refractivity contribution in [1.29, 1.82) is 0 Å².